The summed E-state index contributed by atoms with van der Waals surface area (Å²) in [4.78, 5) is 2.37. The molecule has 2 aliphatic rings. The molecule has 1 saturated heterocycles. The van der Waals surface area contributed by atoms with Crippen LogP contribution < -0.4 is 10.2 Å². The fourth-order valence-electron chi connectivity index (χ4n) is 2.95. The van der Waals surface area contributed by atoms with Gasteiger partial charge in [-0.15, -0.1) is 0 Å². The molecule has 106 valence electrons. The van der Waals surface area contributed by atoms with Gasteiger partial charge in [0.15, 0.2) is 0 Å². The van der Waals surface area contributed by atoms with Crippen LogP contribution in [0.5, 0.6) is 0 Å². The minimum Gasteiger partial charge on any atom is -0.369 e. The van der Waals surface area contributed by atoms with Crippen molar-refractivity contribution in [3.8, 4) is 6.07 Å². The molecular formula is C16H20ClN3. The number of nitrogens with zero attached hydrogens (tertiary/aromatic N) is 2. The van der Waals surface area contributed by atoms with Crippen LogP contribution in [0.4, 0.5) is 5.69 Å². The lowest BCUT2D eigenvalue weighted by atomic mass is 10.1. The molecule has 1 atom stereocenters. The molecule has 1 aliphatic heterocycles. The molecule has 1 aromatic rings. The first-order chi connectivity index (χ1) is 9.78. The van der Waals surface area contributed by atoms with E-state index in [1.807, 2.05) is 12.1 Å². The van der Waals surface area contributed by atoms with Crippen LogP contribution in [0.3, 0.4) is 0 Å². The third kappa shape index (κ3) is 3.08. The molecule has 3 rings (SSSR count). The Morgan fingerprint density at radius 2 is 2.15 bits per heavy atom. The van der Waals surface area contributed by atoms with Crippen LogP contribution in [-0.4, -0.2) is 25.7 Å². The predicted octanol–water partition coefficient (Wildman–Crippen LogP) is 3.18. The van der Waals surface area contributed by atoms with Crippen molar-refractivity contribution in [2.75, 3.05) is 24.5 Å². The van der Waals surface area contributed by atoms with Crippen molar-refractivity contribution in [3.63, 3.8) is 0 Å². The van der Waals surface area contributed by atoms with E-state index in [0.29, 0.717) is 16.6 Å². The number of nitriles is 1. The van der Waals surface area contributed by atoms with E-state index >= 15 is 0 Å². The van der Waals surface area contributed by atoms with E-state index < -0.39 is 0 Å². The van der Waals surface area contributed by atoms with Crippen molar-refractivity contribution in [2.24, 2.45) is 5.92 Å². The maximum Gasteiger partial charge on any atom is 0.103 e. The number of nitrogens with one attached hydrogen (secondary N) is 1. The topological polar surface area (TPSA) is 39.1 Å². The summed E-state index contributed by atoms with van der Waals surface area (Å²) >= 11 is 6.18. The van der Waals surface area contributed by atoms with Crippen molar-refractivity contribution in [1.29, 1.82) is 5.26 Å². The molecule has 20 heavy (non-hydrogen) atoms. The highest BCUT2D eigenvalue weighted by Gasteiger charge is 2.28. The van der Waals surface area contributed by atoms with Crippen LogP contribution in [0.25, 0.3) is 0 Å². The molecule has 1 N–H and O–H groups in total. The number of halogens is 1. The summed E-state index contributed by atoms with van der Waals surface area (Å²) in [5, 5.41) is 13.5. The highest BCUT2D eigenvalue weighted by atomic mass is 35.5. The highest BCUT2D eigenvalue weighted by molar-refractivity contribution is 6.32. The lowest BCUT2D eigenvalue weighted by Gasteiger charge is -2.29. The molecule has 3 nitrogen and oxygen atoms in total. The van der Waals surface area contributed by atoms with Gasteiger partial charge in [0.2, 0.25) is 0 Å². The van der Waals surface area contributed by atoms with E-state index in [9.17, 15) is 5.26 Å². The van der Waals surface area contributed by atoms with Crippen LogP contribution in [0, 0.1) is 17.2 Å². The molecule has 0 radical (unpaired) electrons. The van der Waals surface area contributed by atoms with Crippen LogP contribution >= 0.6 is 11.6 Å². The van der Waals surface area contributed by atoms with Crippen molar-refractivity contribution >= 4 is 17.3 Å². The number of rotatable bonds is 5. The average molecular weight is 290 g/mol. The van der Waals surface area contributed by atoms with Crippen molar-refractivity contribution in [1.82, 2.24) is 5.32 Å². The zero-order valence-corrected chi connectivity index (χ0v) is 12.4. The molecule has 1 saturated carbocycles. The molecule has 1 heterocycles. The second-order valence-electron chi connectivity index (χ2n) is 5.89. The van der Waals surface area contributed by atoms with Gasteiger partial charge >= 0.3 is 0 Å². The van der Waals surface area contributed by atoms with Crippen LogP contribution in [0.2, 0.25) is 5.02 Å². The molecule has 1 aromatic carbocycles. The predicted molar refractivity (Wildman–Crippen MR) is 82.1 cm³/mol. The average Bonchev–Trinajstić information content (AvgIpc) is 3.11. The quantitative estimate of drug-likeness (QED) is 0.905. The Hall–Kier alpha value is -1.24. The molecule has 0 amide bonds. The Morgan fingerprint density at radius 3 is 2.80 bits per heavy atom. The molecule has 0 aromatic heterocycles. The van der Waals surface area contributed by atoms with E-state index in [1.54, 1.807) is 6.07 Å². The van der Waals surface area contributed by atoms with Crippen LogP contribution in [0.15, 0.2) is 18.2 Å². The van der Waals surface area contributed by atoms with Crippen LogP contribution in [-0.2, 0) is 0 Å². The maximum absolute atomic E-state index is 9.38. The number of benzene rings is 1. The van der Waals surface area contributed by atoms with Gasteiger partial charge in [-0.2, -0.15) is 5.26 Å². The summed E-state index contributed by atoms with van der Waals surface area (Å²) in [5.74, 6) is 0.793. The van der Waals surface area contributed by atoms with E-state index in [-0.39, 0.29) is 0 Å². The second kappa shape index (κ2) is 6.03. The van der Waals surface area contributed by atoms with Gasteiger partial charge in [-0.3, -0.25) is 0 Å². The Morgan fingerprint density at radius 1 is 1.30 bits per heavy atom. The minimum absolute atomic E-state index is 0.541. The number of anilines is 1. The molecule has 4 heteroatoms. The fourth-order valence-corrected chi connectivity index (χ4v) is 3.16. The summed E-state index contributed by atoms with van der Waals surface area (Å²) in [6.07, 6.45) is 5.11. The van der Waals surface area contributed by atoms with Gasteiger partial charge in [0.05, 0.1) is 16.3 Å². The molecule has 0 bridgehead atoms. The summed E-state index contributed by atoms with van der Waals surface area (Å²) in [6.45, 7) is 3.14. The summed E-state index contributed by atoms with van der Waals surface area (Å²) in [6, 6.07) is 8.58. The smallest absolute Gasteiger partial charge is 0.103 e. The van der Waals surface area contributed by atoms with Gasteiger partial charge in [-0.05, 0) is 50.3 Å². The van der Waals surface area contributed by atoms with Crippen molar-refractivity contribution in [2.45, 2.75) is 31.7 Å². The summed E-state index contributed by atoms with van der Waals surface area (Å²) in [7, 11) is 0. The molecule has 2 fully saturated rings. The van der Waals surface area contributed by atoms with Crippen molar-refractivity contribution in [3.05, 3.63) is 28.8 Å². The van der Waals surface area contributed by atoms with E-state index in [0.717, 1.165) is 31.2 Å². The zero-order valence-electron chi connectivity index (χ0n) is 11.6. The second-order valence-corrected chi connectivity index (χ2v) is 6.29. The Balaban J connectivity index is 1.83. The van der Waals surface area contributed by atoms with Gasteiger partial charge in [0.1, 0.15) is 6.07 Å². The summed E-state index contributed by atoms with van der Waals surface area (Å²) < 4.78 is 0. The molecular weight excluding hydrogens is 270 g/mol. The third-order valence-corrected chi connectivity index (χ3v) is 4.54. The van der Waals surface area contributed by atoms with E-state index in [4.69, 9.17) is 11.6 Å². The number of hydrogen-bond donors (Lipinski definition) is 1. The molecule has 1 unspecified atom stereocenters. The van der Waals surface area contributed by atoms with Crippen molar-refractivity contribution < 1.29 is 0 Å². The normalized spacial score (nSPS) is 21.7. The number of hydrogen-bond acceptors (Lipinski definition) is 3. The van der Waals surface area contributed by atoms with E-state index in [2.05, 4.69) is 16.3 Å². The molecule has 1 aliphatic carbocycles. The Bertz CT molecular complexity index is 513. The highest BCUT2D eigenvalue weighted by Crippen LogP contribution is 2.34. The fraction of sp³-hybridized carbons (Fsp3) is 0.562. The van der Waals surface area contributed by atoms with Crippen LogP contribution in [0.1, 0.15) is 31.2 Å². The van der Waals surface area contributed by atoms with Gasteiger partial charge in [0, 0.05) is 19.1 Å². The maximum atomic E-state index is 9.38. The van der Waals surface area contributed by atoms with Gasteiger partial charge < -0.3 is 10.2 Å². The first-order valence-corrected chi connectivity index (χ1v) is 7.82. The largest absolute Gasteiger partial charge is 0.369 e. The van der Waals surface area contributed by atoms with E-state index in [1.165, 1.54) is 25.7 Å². The van der Waals surface area contributed by atoms with Gasteiger partial charge in [-0.25, -0.2) is 0 Å². The minimum atomic E-state index is 0.541. The molecule has 0 spiro atoms. The lowest BCUT2D eigenvalue weighted by molar-refractivity contribution is 0.570. The lowest BCUT2D eigenvalue weighted by Crippen LogP contribution is -2.39. The third-order valence-electron chi connectivity index (χ3n) is 4.22. The Kier molecular flexibility index (Phi) is 4.14. The van der Waals surface area contributed by atoms with Gasteiger partial charge in [0.25, 0.3) is 0 Å². The monoisotopic (exact) mass is 289 g/mol. The first kappa shape index (κ1) is 13.7. The first-order valence-electron chi connectivity index (χ1n) is 7.45. The zero-order chi connectivity index (χ0) is 13.9. The summed E-state index contributed by atoms with van der Waals surface area (Å²) in [5.41, 5.74) is 1.62. The van der Waals surface area contributed by atoms with Gasteiger partial charge in [-0.1, -0.05) is 17.7 Å². The standard InChI is InChI=1S/C16H20ClN3/c17-15-4-1-5-16(14(15)9-18)20(10-12-6-7-12)11-13-3-2-8-19-13/h1,4-5,12-13,19H,2-3,6-8,10-11H2. The Labute approximate surface area is 125 Å². The SMILES string of the molecule is N#Cc1c(Cl)cccc1N(CC1CC1)CC1CCCN1.